The quantitative estimate of drug-likeness (QED) is 0.898. The van der Waals surface area contributed by atoms with Gasteiger partial charge in [0.15, 0.2) is 0 Å². The summed E-state index contributed by atoms with van der Waals surface area (Å²) < 4.78 is 5.14. The summed E-state index contributed by atoms with van der Waals surface area (Å²) in [5, 5.41) is 3.60. The number of rotatable bonds is 3. The van der Waals surface area contributed by atoms with Crippen LogP contribution in [0.15, 0.2) is 6.20 Å². The SMILES string of the molecule is COc1ncc(C2CN(C)CCCN2)c(C(C)C)n1. The van der Waals surface area contributed by atoms with Crippen LogP contribution in [0.1, 0.15) is 43.5 Å². The lowest BCUT2D eigenvalue weighted by molar-refractivity contribution is 0.323. The minimum absolute atomic E-state index is 0.302. The molecule has 0 aliphatic carbocycles. The van der Waals surface area contributed by atoms with Crippen LogP contribution in [0, 0.1) is 0 Å². The average Bonchev–Trinajstić information content (AvgIpc) is 2.62. The van der Waals surface area contributed by atoms with E-state index in [1.807, 2.05) is 6.20 Å². The molecule has 0 saturated carbocycles. The number of aromatic nitrogens is 2. The summed E-state index contributed by atoms with van der Waals surface area (Å²) in [6.45, 7) is 7.49. The molecule has 5 nitrogen and oxygen atoms in total. The van der Waals surface area contributed by atoms with Gasteiger partial charge in [-0.1, -0.05) is 13.8 Å². The molecule has 0 aromatic carbocycles. The van der Waals surface area contributed by atoms with Gasteiger partial charge in [0.1, 0.15) is 0 Å². The van der Waals surface area contributed by atoms with Gasteiger partial charge in [0.05, 0.1) is 12.8 Å². The van der Waals surface area contributed by atoms with Crippen LogP contribution in [0.2, 0.25) is 0 Å². The Morgan fingerprint density at radius 2 is 2.26 bits per heavy atom. The smallest absolute Gasteiger partial charge is 0.316 e. The molecule has 2 rings (SSSR count). The molecule has 1 aliphatic rings. The van der Waals surface area contributed by atoms with Gasteiger partial charge in [0, 0.05) is 24.3 Å². The van der Waals surface area contributed by atoms with Gasteiger partial charge in [-0.05, 0) is 32.5 Å². The Labute approximate surface area is 115 Å². The van der Waals surface area contributed by atoms with E-state index in [0.717, 1.165) is 25.3 Å². The van der Waals surface area contributed by atoms with Gasteiger partial charge in [0.25, 0.3) is 0 Å². The van der Waals surface area contributed by atoms with Gasteiger partial charge in [-0.15, -0.1) is 0 Å². The zero-order chi connectivity index (χ0) is 13.8. The number of hydrogen-bond donors (Lipinski definition) is 1. The molecule has 1 aromatic heterocycles. The van der Waals surface area contributed by atoms with Crippen molar-refractivity contribution in [2.75, 3.05) is 33.8 Å². The fourth-order valence-corrected chi connectivity index (χ4v) is 2.52. The van der Waals surface area contributed by atoms with Crippen molar-refractivity contribution in [2.24, 2.45) is 0 Å². The second-order valence-corrected chi connectivity index (χ2v) is 5.47. The van der Waals surface area contributed by atoms with Crippen LogP contribution in [0.3, 0.4) is 0 Å². The van der Waals surface area contributed by atoms with Gasteiger partial charge >= 0.3 is 6.01 Å². The Hall–Kier alpha value is -1.20. The van der Waals surface area contributed by atoms with E-state index in [0.29, 0.717) is 18.0 Å². The minimum atomic E-state index is 0.302. The second-order valence-electron chi connectivity index (χ2n) is 5.47. The highest BCUT2D eigenvalue weighted by Gasteiger charge is 2.22. The monoisotopic (exact) mass is 264 g/mol. The van der Waals surface area contributed by atoms with E-state index in [2.05, 4.69) is 41.1 Å². The molecule has 5 heteroatoms. The van der Waals surface area contributed by atoms with E-state index in [-0.39, 0.29) is 0 Å². The number of hydrogen-bond acceptors (Lipinski definition) is 5. The summed E-state index contributed by atoms with van der Waals surface area (Å²) in [6, 6.07) is 0.755. The first-order valence-electron chi connectivity index (χ1n) is 6.94. The lowest BCUT2D eigenvalue weighted by Crippen LogP contribution is -2.30. The summed E-state index contributed by atoms with van der Waals surface area (Å²) in [5.41, 5.74) is 2.28. The molecule has 2 heterocycles. The Kier molecular flexibility index (Phi) is 4.71. The summed E-state index contributed by atoms with van der Waals surface area (Å²) in [5.74, 6) is 0.363. The normalized spacial score (nSPS) is 21.4. The molecule has 19 heavy (non-hydrogen) atoms. The summed E-state index contributed by atoms with van der Waals surface area (Å²) >= 11 is 0. The highest BCUT2D eigenvalue weighted by atomic mass is 16.5. The van der Waals surface area contributed by atoms with Gasteiger partial charge in [-0.3, -0.25) is 0 Å². The lowest BCUT2D eigenvalue weighted by Gasteiger charge is -2.23. The molecule has 1 atom stereocenters. The van der Waals surface area contributed by atoms with Gasteiger partial charge < -0.3 is 15.0 Å². The van der Waals surface area contributed by atoms with E-state index in [1.54, 1.807) is 7.11 Å². The van der Waals surface area contributed by atoms with Crippen molar-refractivity contribution < 1.29 is 4.74 Å². The zero-order valence-corrected chi connectivity index (χ0v) is 12.3. The van der Waals surface area contributed by atoms with Crippen LogP contribution in [0.5, 0.6) is 6.01 Å². The van der Waals surface area contributed by atoms with Crippen molar-refractivity contribution in [3.8, 4) is 6.01 Å². The molecule has 1 aromatic rings. The Bertz CT molecular complexity index is 422. The van der Waals surface area contributed by atoms with Crippen molar-refractivity contribution in [2.45, 2.75) is 32.2 Å². The van der Waals surface area contributed by atoms with E-state index in [4.69, 9.17) is 4.74 Å². The predicted molar refractivity (Wildman–Crippen MR) is 75.5 cm³/mol. The fraction of sp³-hybridized carbons (Fsp3) is 0.714. The topological polar surface area (TPSA) is 50.3 Å². The highest BCUT2D eigenvalue weighted by molar-refractivity contribution is 5.26. The fourth-order valence-electron chi connectivity index (χ4n) is 2.52. The van der Waals surface area contributed by atoms with E-state index in [1.165, 1.54) is 12.0 Å². The van der Waals surface area contributed by atoms with Crippen LogP contribution < -0.4 is 10.1 Å². The standard InChI is InChI=1S/C14H24N4O/c1-10(2)13-11(8-16-14(17-13)19-4)12-9-18(3)7-5-6-15-12/h8,10,12,15H,5-7,9H2,1-4H3. The molecule has 0 spiro atoms. The lowest BCUT2D eigenvalue weighted by atomic mass is 9.99. The van der Waals surface area contributed by atoms with Crippen LogP contribution >= 0.6 is 0 Å². The van der Waals surface area contributed by atoms with Crippen molar-refractivity contribution in [1.82, 2.24) is 20.2 Å². The Balaban J connectivity index is 2.31. The Morgan fingerprint density at radius 1 is 1.47 bits per heavy atom. The first-order valence-corrected chi connectivity index (χ1v) is 6.94. The molecule has 0 bridgehead atoms. The number of nitrogens with zero attached hydrogens (tertiary/aromatic N) is 3. The number of ether oxygens (including phenoxy) is 1. The third-order valence-corrected chi connectivity index (χ3v) is 3.53. The van der Waals surface area contributed by atoms with Crippen molar-refractivity contribution >= 4 is 0 Å². The first-order chi connectivity index (χ1) is 9.11. The Morgan fingerprint density at radius 3 is 2.95 bits per heavy atom. The first kappa shape index (κ1) is 14.2. The second kappa shape index (κ2) is 6.30. The van der Waals surface area contributed by atoms with Gasteiger partial charge in [-0.2, -0.15) is 4.98 Å². The molecule has 106 valence electrons. The van der Waals surface area contributed by atoms with Crippen LogP contribution in [0.25, 0.3) is 0 Å². The molecule has 0 radical (unpaired) electrons. The highest BCUT2D eigenvalue weighted by Crippen LogP contribution is 2.25. The molecule has 1 fully saturated rings. The van der Waals surface area contributed by atoms with Crippen LogP contribution in [0.4, 0.5) is 0 Å². The molecule has 1 unspecified atom stereocenters. The maximum absolute atomic E-state index is 5.14. The molecule has 1 aliphatic heterocycles. The van der Waals surface area contributed by atoms with Crippen molar-refractivity contribution in [1.29, 1.82) is 0 Å². The minimum Gasteiger partial charge on any atom is -0.467 e. The third kappa shape index (κ3) is 3.42. The summed E-state index contributed by atoms with van der Waals surface area (Å²) in [7, 11) is 3.77. The number of methoxy groups -OCH3 is 1. The number of likely N-dealkylation sites (N-methyl/N-ethyl adjacent to an activating group) is 1. The zero-order valence-electron chi connectivity index (χ0n) is 12.3. The summed E-state index contributed by atoms with van der Waals surface area (Å²) in [4.78, 5) is 11.2. The number of nitrogens with one attached hydrogen (secondary N) is 1. The molecule has 0 amide bonds. The largest absolute Gasteiger partial charge is 0.467 e. The van der Waals surface area contributed by atoms with E-state index >= 15 is 0 Å². The maximum Gasteiger partial charge on any atom is 0.316 e. The van der Waals surface area contributed by atoms with Crippen LogP contribution in [-0.4, -0.2) is 48.7 Å². The maximum atomic E-state index is 5.14. The van der Waals surface area contributed by atoms with Gasteiger partial charge in [-0.25, -0.2) is 4.98 Å². The summed E-state index contributed by atoms with van der Waals surface area (Å²) in [6.07, 6.45) is 3.10. The van der Waals surface area contributed by atoms with Crippen LogP contribution in [-0.2, 0) is 0 Å². The van der Waals surface area contributed by atoms with E-state index < -0.39 is 0 Å². The van der Waals surface area contributed by atoms with Gasteiger partial charge in [0.2, 0.25) is 0 Å². The molecular formula is C14H24N4O. The van der Waals surface area contributed by atoms with Crippen molar-refractivity contribution in [3.05, 3.63) is 17.5 Å². The molecule has 1 N–H and O–H groups in total. The van der Waals surface area contributed by atoms with E-state index in [9.17, 15) is 0 Å². The third-order valence-electron chi connectivity index (χ3n) is 3.53. The average molecular weight is 264 g/mol. The van der Waals surface area contributed by atoms with Crippen molar-refractivity contribution in [3.63, 3.8) is 0 Å². The molecular weight excluding hydrogens is 240 g/mol. The predicted octanol–water partition coefficient (Wildman–Crippen LogP) is 1.57. The molecule has 1 saturated heterocycles.